The number of fused-ring (bicyclic) bond motifs is 3. The lowest BCUT2D eigenvalue weighted by molar-refractivity contribution is -0.148. The molecule has 180 valence electrons. The van der Waals surface area contributed by atoms with Crippen molar-refractivity contribution < 1.29 is 23.9 Å². The first-order valence-electron chi connectivity index (χ1n) is 11.1. The summed E-state index contributed by atoms with van der Waals surface area (Å²) < 4.78 is 10.4. The summed E-state index contributed by atoms with van der Waals surface area (Å²) in [5, 5.41) is 0. The highest BCUT2D eigenvalue weighted by Crippen LogP contribution is 2.43. The van der Waals surface area contributed by atoms with Gasteiger partial charge in [-0.3, -0.25) is 24.3 Å². The van der Waals surface area contributed by atoms with E-state index >= 15 is 0 Å². The summed E-state index contributed by atoms with van der Waals surface area (Å²) in [5.41, 5.74) is 3.51. The first-order valence-corrected chi connectivity index (χ1v) is 11.1. The number of amides is 3. The maximum Gasteiger partial charge on any atom is 0.328 e. The second-order valence-corrected chi connectivity index (χ2v) is 8.48. The van der Waals surface area contributed by atoms with Crippen molar-refractivity contribution in [2.75, 3.05) is 32.7 Å². The van der Waals surface area contributed by atoms with Gasteiger partial charge in [-0.25, -0.2) is 9.79 Å². The zero-order chi connectivity index (χ0) is 24.9. The normalized spacial score (nSPS) is 21.0. The Kier molecular flexibility index (Phi) is 5.43. The van der Waals surface area contributed by atoms with Crippen molar-refractivity contribution in [2.24, 2.45) is 4.99 Å². The van der Waals surface area contributed by atoms with Gasteiger partial charge in [-0.2, -0.15) is 0 Å². The molecule has 3 aliphatic heterocycles. The Bertz CT molecular complexity index is 1270. The summed E-state index contributed by atoms with van der Waals surface area (Å²) in [6.45, 7) is 1.52. The third kappa shape index (κ3) is 3.49. The molecule has 0 radical (unpaired) electrons. The largest absolute Gasteiger partial charge is 0.495 e. The molecule has 3 heterocycles. The van der Waals surface area contributed by atoms with E-state index < -0.39 is 36.7 Å². The third-order valence-corrected chi connectivity index (χ3v) is 6.37. The summed E-state index contributed by atoms with van der Waals surface area (Å²) in [6, 6.07) is 14.2. The topological polar surface area (TPSA) is 95.0 Å². The molecule has 5 rings (SSSR count). The van der Waals surface area contributed by atoms with Crippen LogP contribution < -0.4 is 9.64 Å². The number of imide groups is 1. The molecule has 0 aliphatic carbocycles. The first-order chi connectivity index (χ1) is 16.8. The van der Waals surface area contributed by atoms with Gasteiger partial charge in [0.1, 0.15) is 12.3 Å². The van der Waals surface area contributed by atoms with E-state index in [0.29, 0.717) is 11.7 Å². The monoisotopic (exact) mass is 475 g/mol. The van der Waals surface area contributed by atoms with Crippen molar-refractivity contribution in [1.82, 2.24) is 14.7 Å². The number of ether oxygens (including phenoxy) is 2. The van der Waals surface area contributed by atoms with Gasteiger partial charge in [0.15, 0.2) is 12.2 Å². The molecular weight excluding hydrogens is 450 g/mol. The summed E-state index contributed by atoms with van der Waals surface area (Å²) in [6.07, 6.45) is 1.11. The number of hydrogen-bond donors (Lipinski definition) is 0. The highest BCUT2D eigenvalue weighted by molar-refractivity contribution is 6.17. The second-order valence-electron chi connectivity index (χ2n) is 8.48. The number of benzene rings is 2. The Morgan fingerprint density at radius 2 is 1.83 bits per heavy atom. The number of carbonyl (C=O) groups is 3. The quantitative estimate of drug-likeness (QED) is 0.612. The third-order valence-electron chi connectivity index (χ3n) is 6.37. The van der Waals surface area contributed by atoms with Gasteiger partial charge in [-0.15, -0.1) is 0 Å². The fourth-order valence-electron chi connectivity index (χ4n) is 4.60. The van der Waals surface area contributed by atoms with Gasteiger partial charge < -0.3 is 14.4 Å². The van der Waals surface area contributed by atoms with Crippen molar-refractivity contribution in [3.8, 4) is 5.75 Å². The van der Waals surface area contributed by atoms with Crippen LogP contribution in [0.1, 0.15) is 11.1 Å². The van der Waals surface area contributed by atoms with Crippen molar-refractivity contribution in [3.05, 3.63) is 65.9 Å². The van der Waals surface area contributed by atoms with Crippen molar-refractivity contribution >= 4 is 35.3 Å². The van der Waals surface area contributed by atoms with E-state index in [9.17, 15) is 14.4 Å². The van der Waals surface area contributed by atoms with E-state index in [1.807, 2.05) is 66.6 Å². The van der Waals surface area contributed by atoms with Gasteiger partial charge in [-0.1, -0.05) is 36.4 Å². The molecular formula is C25H25N5O5. The minimum Gasteiger partial charge on any atom is -0.495 e. The molecule has 1 fully saturated rings. The molecule has 35 heavy (non-hydrogen) atoms. The molecule has 3 amide bonds. The molecule has 10 heteroatoms. The van der Waals surface area contributed by atoms with Crippen LogP contribution in [0.3, 0.4) is 0 Å². The molecule has 0 aromatic heterocycles. The number of carbonyl (C=O) groups excluding carboxylic acids is 3. The lowest BCUT2D eigenvalue weighted by Gasteiger charge is -2.39. The molecule has 1 saturated heterocycles. The Hall–Kier alpha value is -4.34. The number of guanidine groups is 1. The van der Waals surface area contributed by atoms with Gasteiger partial charge in [0, 0.05) is 18.8 Å². The van der Waals surface area contributed by atoms with E-state index in [0.717, 1.165) is 27.4 Å². The lowest BCUT2D eigenvalue weighted by Crippen LogP contribution is -2.65. The van der Waals surface area contributed by atoms with Crippen molar-refractivity contribution in [1.29, 1.82) is 0 Å². The smallest absolute Gasteiger partial charge is 0.328 e. The first kappa shape index (κ1) is 22.5. The zero-order valence-corrected chi connectivity index (χ0v) is 19.8. The van der Waals surface area contributed by atoms with E-state index in [1.165, 1.54) is 12.0 Å². The van der Waals surface area contributed by atoms with Crippen LogP contribution in [-0.4, -0.2) is 78.6 Å². The molecule has 2 aromatic rings. The van der Waals surface area contributed by atoms with E-state index in [-0.39, 0.29) is 0 Å². The number of aliphatic imine (C=N–C) groups is 1. The number of anilines is 1. The minimum absolute atomic E-state index is 0.463. The molecule has 2 atom stereocenters. The number of aryl methyl sites for hydroxylation is 1. The van der Waals surface area contributed by atoms with Crippen LogP contribution in [0, 0.1) is 6.92 Å². The summed E-state index contributed by atoms with van der Waals surface area (Å²) in [7, 11) is 4.39. The number of methoxy groups -OCH3 is 2. The lowest BCUT2D eigenvalue weighted by atomic mass is 10.1. The van der Waals surface area contributed by atoms with Gasteiger partial charge in [-0.05, 0) is 24.6 Å². The highest BCUT2D eigenvalue weighted by atomic mass is 16.5. The predicted molar refractivity (Wildman–Crippen MR) is 128 cm³/mol. The number of rotatable bonds is 5. The van der Waals surface area contributed by atoms with Crippen molar-refractivity contribution in [3.63, 3.8) is 0 Å². The average molecular weight is 476 g/mol. The van der Waals surface area contributed by atoms with Crippen LogP contribution in [0.25, 0.3) is 5.70 Å². The van der Waals surface area contributed by atoms with E-state index in [4.69, 9.17) is 9.73 Å². The van der Waals surface area contributed by atoms with Crippen LogP contribution in [0.2, 0.25) is 0 Å². The Morgan fingerprint density at radius 3 is 2.51 bits per heavy atom. The van der Waals surface area contributed by atoms with Crippen LogP contribution in [0.4, 0.5) is 10.5 Å². The number of esters is 1. The SMILES string of the molecule is COC(=O)CN1C(=O)C2C(N=C3N(c4cc(C)ccc4OC)C(c4ccccc4)=CN32)N(C)C1=O. The molecule has 0 spiro atoms. The number of hydrogen-bond acceptors (Lipinski definition) is 8. The molecule has 2 aromatic carbocycles. The number of nitrogens with zero attached hydrogens (tertiary/aromatic N) is 5. The molecule has 10 nitrogen and oxygen atoms in total. The fourth-order valence-corrected chi connectivity index (χ4v) is 4.60. The summed E-state index contributed by atoms with van der Waals surface area (Å²) in [5.74, 6) is -0.0506. The fraction of sp³-hybridized carbons (Fsp3) is 0.280. The molecule has 3 aliphatic rings. The summed E-state index contributed by atoms with van der Waals surface area (Å²) in [4.78, 5) is 49.2. The van der Waals surface area contributed by atoms with Gasteiger partial charge in [0.05, 0.1) is 25.6 Å². The predicted octanol–water partition coefficient (Wildman–Crippen LogP) is 2.26. The van der Waals surface area contributed by atoms with Crippen LogP contribution in [-0.2, 0) is 14.3 Å². The zero-order valence-electron chi connectivity index (χ0n) is 19.8. The Balaban J connectivity index is 1.63. The average Bonchev–Trinajstić information content (AvgIpc) is 3.42. The number of urea groups is 1. The van der Waals surface area contributed by atoms with Crippen LogP contribution in [0.15, 0.2) is 59.7 Å². The number of likely N-dealkylation sites (N-methyl/N-ethyl adjacent to an activating group) is 1. The van der Waals surface area contributed by atoms with E-state index in [2.05, 4.69) is 4.74 Å². The van der Waals surface area contributed by atoms with E-state index in [1.54, 1.807) is 19.1 Å². The standard InChI is InChI=1S/C25H25N5O5/c1-15-10-11-19(34-3)17(12-15)30-18(16-8-6-5-7-9-16)13-28-21-22(26-24(28)30)27(2)25(33)29(23(21)32)14-20(31)35-4/h5-13,21-22H,14H2,1-4H3. The van der Waals surface area contributed by atoms with Gasteiger partial charge in [0.2, 0.25) is 5.96 Å². The maximum absolute atomic E-state index is 13.5. The Labute approximate surface area is 202 Å². The minimum atomic E-state index is -0.822. The van der Waals surface area contributed by atoms with Crippen LogP contribution in [0.5, 0.6) is 5.75 Å². The molecule has 0 N–H and O–H groups in total. The highest BCUT2D eigenvalue weighted by Gasteiger charge is 2.55. The molecule has 2 unspecified atom stereocenters. The maximum atomic E-state index is 13.5. The second kappa shape index (κ2) is 8.46. The molecule has 0 bridgehead atoms. The summed E-state index contributed by atoms with van der Waals surface area (Å²) >= 11 is 0. The van der Waals surface area contributed by atoms with Gasteiger partial charge in [0.25, 0.3) is 5.91 Å². The Morgan fingerprint density at radius 1 is 1.09 bits per heavy atom. The van der Waals surface area contributed by atoms with Crippen LogP contribution >= 0.6 is 0 Å². The molecule has 0 saturated carbocycles. The van der Waals surface area contributed by atoms with Gasteiger partial charge >= 0.3 is 12.0 Å². The van der Waals surface area contributed by atoms with Crippen molar-refractivity contribution in [2.45, 2.75) is 19.1 Å².